The Morgan fingerprint density at radius 1 is 1.39 bits per heavy atom. The smallest absolute Gasteiger partial charge is 0.273 e. The first kappa shape index (κ1) is 14.4. The number of anilines is 1. The Morgan fingerprint density at radius 3 is 2.44 bits per heavy atom. The minimum absolute atomic E-state index is 0.0535. The summed E-state index contributed by atoms with van der Waals surface area (Å²) in [4.78, 5) is 30.7. The van der Waals surface area contributed by atoms with E-state index >= 15 is 0 Å². The summed E-state index contributed by atoms with van der Waals surface area (Å²) in [6.07, 6.45) is 0. The summed E-state index contributed by atoms with van der Waals surface area (Å²) in [6.45, 7) is 5.15. The molecule has 2 amide bonds. The molecule has 1 rings (SSSR count). The lowest BCUT2D eigenvalue weighted by atomic mass is 10.3. The molecule has 0 aliphatic rings. The number of nitrogens with two attached hydrogens (primary N) is 1. The molecule has 6 nitrogen and oxygen atoms in total. The van der Waals surface area contributed by atoms with Gasteiger partial charge in [0.25, 0.3) is 5.91 Å². The highest BCUT2D eigenvalue weighted by Gasteiger charge is 2.19. The highest BCUT2D eigenvalue weighted by atomic mass is 32.1. The van der Waals surface area contributed by atoms with Crippen molar-refractivity contribution in [3.8, 4) is 0 Å². The third-order valence-corrected chi connectivity index (χ3v) is 3.25. The van der Waals surface area contributed by atoms with E-state index in [0.29, 0.717) is 18.2 Å². The third-order valence-electron chi connectivity index (χ3n) is 2.58. The van der Waals surface area contributed by atoms with Gasteiger partial charge in [0.2, 0.25) is 5.91 Å². The average molecular weight is 270 g/mol. The van der Waals surface area contributed by atoms with Crippen LogP contribution in [0.2, 0.25) is 0 Å². The molecule has 0 atom stereocenters. The van der Waals surface area contributed by atoms with Crippen LogP contribution in [-0.2, 0) is 4.79 Å². The van der Waals surface area contributed by atoms with Crippen molar-refractivity contribution in [2.45, 2.75) is 13.8 Å². The second kappa shape index (κ2) is 6.34. The zero-order valence-corrected chi connectivity index (χ0v) is 11.7. The van der Waals surface area contributed by atoms with Crippen molar-refractivity contribution in [3.63, 3.8) is 0 Å². The van der Waals surface area contributed by atoms with E-state index in [1.807, 2.05) is 13.8 Å². The summed E-state index contributed by atoms with van der Waals surface area (Å²) in [7, 11) is 1.58. The number of hydrogen-bond donors (Lipinski definition) is 1. The molecule has 0 bridgehead atoms. The lowest BCUT2D eigenvalue weighted by molar-refractivity contribution is -0.131. The summed E-state index contributed by atoms with van der Waals surface area (Å²) in [5.74, 6) is -0.359. The van der Waals surface area contributed by atoms with Crippen LogP contribution in [0.1, 0.15) is 24.3 Å². The number of rotatable bonds is 5. The number of aromatic nitrogens is 1. The largest absolute Gasteiger partial charge is 0.375 e. The van der Waals surface area contributed by atoms with Gasteiger partial charge in [0.1, 0.15) is 5.69 Å². The Balaban J connectivity index is 2.63. The molecule has 2 N–H and O–H groups in total. The SMILES string of the molecule is CCN(CC)C(=O)CN(C)C(=O)c1csc(N)n1. The first-order chi connectivity index (χ1) is 8.49. The van der Waals surface area contributed by atoms with E-state index in [1.54, 1.807) is 17.3 Å². The van der Waals surface area contributed by atoms with Gasteiger partial charge in [-0.1, -0.05) is 0 Å². The lowest BCUT2D eigenvalue weighted by Gasteiger charge is -2.22. The lowest BCUT2D eigenvalue weighted by Crippen LogP contribution is -2.41. The second-order valence-corrected chi connectivity index (χ2v) is 4.69. The van der Waals surface area contributed by atoms with E-state index in [-0.39, 0.29) is 24.1 Å². The van der Waals surface area contributed by atoms with Gasteiger partial charge in [0.05, 0.1) is 6.54 Å². The molecule has 0 aromatic carbocycles. The Hall–Kier alpha value is -1.63. The molecular weight excluding hydrogens is 252 g/mol. The molecular formula is C11H18N4O2S. The zero-order chi connectivity index (χ0) is 13.7. The topological polar surface area (TPSA) is 79.5 Å². The molecule has 100 valence electrons. The van der Waals surface area contributed by atoms with E-state index < -0.39 is 0 Å². The van der Waals surface area contributed by atoms with E-state index in [4.69, 9.17) is 5.73 Å². The number of likely N-dealkylation sites (N-methyl/N-ethyl adjacent to an activating group) is 2. The van der Waals surface area contributed by atoms with Crippen LogP contribution in [-0.4, -0.2) is 53.3 Å². The highest BCUT2D eigenvalue weighted by Crippen LogP contribution is 2.12. The fourth-order valence-electron chi connectivity index (χ4n) is 1.53. The van der Waals surface area contributed by atoms with E-state index in [0.717, 1.165) is 0 Å². The second-order valence-electron chi connectivity index (χ2n) is 3.80. The van der Waals surface area contributed by atoms with Crippen molar-refractivity contribution in [2.24, 2.45) is 0 Å². The molecule has 0 saturated carbocycles. The van der Waals surface area contributed by atoms with Crippen molar-refractivity contribution in [1.82, 2.24) is 14.8 Å². The van der Waals surface area contributed by atoms with Crippen LogP contribution in [0.15, 0.2) is 5.38 Å². The van der Waals surface area contributed by atoms with Crippen molar-refractivity contribution in [1.29, 1.82) is 0 Å². The van der Waals surface area contributed by atoms with E-state index in [2.05, 4.69) is 4.98 Å². The predicted molar refractivity (Wildman–Crippen MR) is 71.4 cm³/mol. The Kier molecular flexibility index (Phi) is 5.08. The van der Waals surface area contributed by atoms with Gasteiger partial charge in [-0.25, -0.2) is 4.98 Å². The molecule has 0 unspecified atom stereocenters. The van der Waals surface area contributed by atoms with Crippen molar-refractivity contribution >= 4 is 28.3 Å². The van der Waals surface area contributed by atoms with Crippen molar-refractivity contribution in [2.75, 3.05) is 32.4 Å². The number of carbonyl (C=O) groups is 2. The van der Waals surface area contributed by atoms with Crippen LogP contribution in [0, 0.1) is 0 Å². The Bertz CT molecular complexity index is 428. The van der Waals surface area contributed by atoms with E-state index in [9.17, 15) is 9.59 Å². The first-order valence-electron chi connectivity index (χ1n) is 5.73. The molecule has 1 aromatic heterocycles. The fraction of sp³-hybridized carbons (Fsp3) is 0.545. The van der Waals surface area contributed by atoms with Crippen LogP contribution in [0.3, 0.4) is 0 Å². The molecule has 7 heteroatoms. The van der Waals surface area contributed by atoms with Gasteiger partial charge in [-0.2, -0.15) is 0 Å². The third kappa shape index (κ3) is 3.43. The normalized spacial score (nSPS) is 10.2. The number of nitrogens with zero attached hydrogens (tertiary/aromatic N) is 3. The summed E-state index contributed by atoms with van der Waals surface area (Å²) in [5, 5.41) is 1.94. The van der Waals surface area contributed by atoms with Crippen LogP contribution < -0.4 is 5.73 Å². The summed E-state index contributed by atoms with van der Waals surface area (Å²) >= 11 is 1.21. The highest BCUT2D eigenvalue weighted by molar-refractivity contribution is 7.13. The van der Waals surface area contributed by atoms with Crippen molar-refractivity contribution < 1.29 is 9.59 Å². The maximum Gasteiger partial charge on any atom is 0.273 e. The summed E-state index contributed by atoms with van der Waals surface area (Å²) in [5.41, 5.74) is 5.76. The van der Waals surface area contributed by atoms with Crippen LogP contribution in [0.4, 0.5) is 5.13 Å². The summed E-state index contributed by atoms with van der Waals surface area (Å²) in [6, 6.07) is 0. The van der Waals surface area contributed by atoms with Crippen LogP contribution in [0.5, 0.6) is 0 Å². The van der Waals surface area contributed by atoms with Crippen molar-refractivity contribution in [3.05, 3.63) is 11.1 Å². The quantitative estimate of drug-likeness (QED) is 0.852. The van der Waals surface area contributed by atoms with E-state index in [1.165, 1.54) is 16.2 Å². The molecule has 18 heavy (non-hydrogen) atoms. The standard InChI is InChI=1S/C11H18N4O2S/c1-4-15(5-2)9(16)6-14(3)10(17)8-7-18-11(12)13-8/h7H,4-6H2,1-3H3,(H2,12,13). The molecule has 0 saturated heterocycles. The summed E-state index contributed by atoms with van der Waals surface area (Å²) < 4.78 is 0. The van der Waals surface area contributed by atoms with Gasteiger partial charge in [-0.15, -0.1) is 11.3 Å². The maximum atomic E-state index is 11.9. The molecule has 0 radical (unpaired) electrons. The maximum absolute atomic E-state index is 11.9. The first-order valence-corrected chi connectivity index (χ1v) is 6.61. The van der Waals surface area contributed by atoms with Crippen LogP contribution in [0.25, 0.3) is 0 Å². The Morgan fingerprint density at radius 2 is 2.00 bits per heavy atom. The average Bonchev–Trinajstić information content (AvgIpc) is 2.76. The van der Waals surface area contributed by atoms with Gasteiger partial charge >= 0.3 is 0 Å². The minimum atomic E-state index is -0.288. The van der Waals surface area contributed by atoms with Gasteiger partial charge in [-0.05, 0) is 13.8 Å². The van der Waals surface area contributed by atoms with Gasteiger partial charge < -0.3 is 15.5 Å². The number of carbonyl (C=O) groups excluding carboxylic acids is 2. The molecule has 0 fully saturated rings. The minimum Gasteiger partial charge on any atom is -0.375 e. The monoisotopic (exact) mass is 270 g/mol. The molecule has 0 aliphatic carbocycles. The van der Waals surface area contributed by atoms with Gasteiger partial charge in [-0.3, -0.25) is 9.59 Å². The number of thiazole rings is 1. The van der Waals surface area contributed by atoms with Gasteiger partial charge in [0.15, 0.2) is 5.13 Å². The molecule has 0 aliphatic heterocycles. The molecule has 0 spiro atoms. The van der Waals surface area contributed by atoms with Crippen LogP contribution >= 0.6 is 11.3 Å². The fourth-order valence-corrected chi connectivity index (χ4v) is 2.07. The molecule has 1 heterocycles. The number of hydrogen-bond acceptors (Lipinski definition) is 5. The Labute approximate surface area is 110 Å². The zero-order valence-electron chi connectivity index (χ0n) is 10.8. The predicted octanol–water partition coefficient (Wildman–Crippen LogP) is 0.666. The van der Waals surface area contributed by atoms with Gasteiger partial charge in [0, 0.05) is 25.5 Å². The number of amides is 2. The number of nitrogen functional groups attached to an aromatic ring is 1. The molecule has 1 aromatic rings.